The van der Waals surface area contributed by atoms with E-state index in [1.807, 2.05) is 0 Å². The van der Waals surface area contributed by atoms with Gasteiger partial charge in [-0.2, -0.15) is 0 Å². The lowest BCUT2D eigenvalue weighted by Crippen LogP contribution is -2.56. The van der Waals surface area contributed by atoms with Gasteiger partial charge in [0, 0.05) is 15.7 Å². The molecule has 0 saturated heterocycles. The normalized spacial score (nSPS) is 12.2. The Kier molecular flexibility index (Phi) is 8.31. The van der Waals surface area contributed by atoms with Crippen LogP contribution in [0.5, 0.6) is 0 Å². The average Bonchev–Trinajstić information content (AvgIpc) is 2.57. The van der Waals surface area contributed by atoms with Crippen LogP contribution in [0, 0.1) is 0 Å². The minimum atomic E-state index is -1.87. The number of hydrogen-bond acceptors (Lipinski definition) is 2. The van der Waals surface area contributed by atoms with Crippen LogP contribution in [-0.4, -0.2) is 21.0 Å². The summed E-state index contributed by atoms with van der Waals surface area (Å²) >= 11 is 38.3. The summed E-state index contributed by atoms with van der Waals surface area (Å²) in [4.78, 5) is 12.4. The molecule has 144 valence electrons. The van der Waals surface area contributed by atoms with Crippen molar-refractivity contribution in [3.05, 3.63) is 62.5 Å². The summed E-state index contributed by atoms with van der Waals surface area (Å²) in [6, 6.07) is 11.6. The van der Waals surface area contributed by atoms with Crippen LogP contribution in [0.2, 0.25) is 10.0 Å². The van der Waals surface area contributed by atoms with Crippen molar-refractivity contribution in [1.82, 2.24) is 10.6 Å². The molecule has 1 atom stereocenters. The fourth-order valence-electron chi connectivity index (χ4n) is 1.89. The number of anilines is 1. The van der Waals surface area contributed by atoms with Gasteiger partial charge in [0.05, 0.1) is 10.0 Å². The molecule has 0 fully saturated rings. The largest absolute Gasteiger partial charge is 0.339 e. The van der Waals surface area contributed by atoms with Crippen molar-refractivity contribution < 1.29 is 4.79 Å². The van der Waals surface area contributed by atoms with Crippen LogP contribution >= 0.6 is 86.2 Å². The number of carbonyl (C=O) groups excluding carboxylic acids is 1. The summed E-state index contributed by atoms with van der Waals surface area (Å²) in [6.45, 7) is 0. The molecule has 0 aliphatic rings. The number of alkyl halides is 3. The van der Waals surface area contributed by atoms with E-state index in [2.05, 4.69) is 31.9 Å². The second-order valence-corrected chi connectivity index (χ2v) is 9.69. The van der Waals surface area contributed by atoms with Gasteiger partial charge in [-0.1, -0.05) is 73.9 Å². The zero-order valence-electron chi connectivity index (χ0n) is 13.2. The van der Waals surface area contributed by atoms with Crippen molar-refractivity contribution in [1.29, 1.82) is 0 Å². The molecular formula is C16H11BrCl5N3OS. The van der Waals surface area contributed by atoms with Crippen LogP contribution in [0.4, 0.5) is 5.69 Å². The van der Waals surface area contributed by atoms with Crippen LogP contribution in [0.1, 0.15) is 10.4 Å². The summed E-state index contributed by atoms with van der Waals surface area (Å²) < 4.78 is -1.03. The van der Waals surface area contributed by atoms with E-state index in [1.54, 1.807) is 42.5 Å². The Morgan fingerprint density at radius 3 is 2.19 bits per heavy atom. The van der Waals surface area contributed by atoms with Crippen LogP contribution < -0.4 is 16.0 Å². The Morgan fingerprint density at radius 1 is 1.00 bits per heavy atom. The van der Waals surface area contributed by atoms with E-state index in [0.717, 1.165) is 4.47 Å². The van der Waals surface area contributed by atoms with Crippen molar-refractivity contribution in [3.8, 4) is 0 Å². The molecule has 0 aliphatic heterocycles. The lowest BCUT2D eigenvalue weighted by Gasteiger charge is -2.27. The third-order valence-corrected chi connectivity index (χ3v) is 5.30. The number of rotatable bonds is 4. The molecule has 1 amide bonds. The number of halogens is 6. The molecule has 11 heteroatoms. The van der Waals surface area contributed by atoms with Crippen molar-refractivity contribution in [2.75, 3.05) is 5.32 Å². The van der Waals surface area contributed by atoms with Gasteiger partial charge in [-0.3, -0.25) is 4.79 Å². The maximum Gasteiger partial charge on any atom is 0.252 e. The Labute approximate surface area is 195 Å². The highest BCUT2D eigenvalue weighted by Gasteiger charge is 2.34. The smallest absolute Gasteiger partial charge is 0.252 e. The van der Waals surface area contributed by atoms with Crippen LogP contribution in [0.3, 0.4) is 0 Å². The molecule has 0 aromatic heterocycles. The Balaban J connectivity index is 2.07. The van der Waals surface area contributed by atoms with Crippen molar-refractivity contribution in [2.24, 2.45) is 0 Å². The second kappa shape index (κ2) is 9.83. The molecule has 0 heterocycles. The first-order valence-electron chi connectivity index (χ1n) is 7.22. The average molecular weight is 551 g/mol. The monoisotopic (exact) mass is 547 g/mol. The minimum Gasteiger partial charge on any atom is -0.339 e. The van der Waals surface area contributed by atoms with E-state index in [0.29, 0.717) is 21.3 Å². The summed E-state index contributed by atoms with van der Waals surface area (Å²) in [6.07, 6.45) is -1.10. The third kappa shape index (κ3) is 7.13. The van der Waals surface area contributed by atoms with E-state index in [9.17, 15) is 4.79 Å². The Morgan fingerprint density at radius 2 is 1.63 bits per heavy atom. The fraction of sp³-hybridized carbons (Fsp3) is 0.125. The first-order valence-corrected chi connectivity index (χ1v) is 10.3. The lowest BCUT2D eigenvalue weighted by molar-refractivity contribution is 0.0934. The Bertz CT molecular complexity index is 845. The van der Waals surface area contributed by atoms with Gasteiger partial charge in [0.25, 0.3) is 5.91 Å². The summed E-state index contributed by atoms with van der Waals surface area (Å²) in [5.41, 5.74) is 0.965. The molecule has 2 rings (SSSR count). The molecule has 0 radical (unpaired) electrons. The van der Waals surface area contributed by atoms with Gasteiger partial charge < -0.3 is 16.0 Å². The van der Waals surface area contributed by atoms with Gasteiger partial charge >= 0.3 is 0 Å². The van der Waals surface area contributed by atoms with E-state index < -0.39 is 15.9 Å². The van der Waals surface area contributed by atoms with E-state index in [-0.39, 0.29) is 5.11 Å². The third-order valence-electron chi connectivity index (χ3n) is 3.16. The van der Waals surface area contributed by atoms with E-state index in [1.165, 1.54) is 0 Å². The van der Waals surface area contributed by atoms with Crippen LogP contribution in [0.15, 0.2) is 46.9 Å². The number of benzene rings is 2. The van der Waals surface area contributed by atoms with Crippen LogP contribution in [-0.2, 0) is 0 Å². The van der Waals surface area contributed by atoms with E-state index >= 15 is 0 Å². The van der Waals surface area contributed by atoms with Gasteiger partial charge in [0.2, 0.25) is 3.79 Å². The predicted molar refractivity (Wildman–Crippen MR) is 122 cm³/mol. The van der Waals surface area contributed by atoms with Crippen molar-refractivity contribution in [3.63, 3.8) is 0 Å². The molecule has 0 spiro atoms. The van der Waals surface area contributed by atoms with Gasteiger partial charge in [-0.05, 0) is 54.7 Å². The zero-order chi connectivity index (χ0) is 20.2. The molecule has 0 saturated carbocycles. The number of amides is 1. The Hall–Kier alpha value is -0.470. The van der Waals surface area contributed by atoms with E-state index in [4.69, 9.17) is 70.2 Å². The van der Waals surface area contributed by atoms with Crippen LogP contribution in [0.25, 0.3) is 0 Å². The first-order chi connectivity index (χ1) is 12.6. The second-order valence-electron chi connectivity index (χ2n) is 5.18. The van der Waals surface area contributed by atoms with Gasteiger partial charge in [0.15, 0.2) is 5.11 Å². The highest BCUT2D eigenvalue weighted by molar-refractivity contribution is 9.10. The predicted octanol–water partition coefficient (Wildman–Crippen LogP) is 6.17. The molecule has 2 aromatic rings. The topological polar surface area (TPSA) is 53.2 Å². The summed E-state index contributed by atoms with van der Waals surface area (Å²) in [7, 11) is 0. The number of hydrogen-bond donors (Lipinski definition) is 3. The SMILES string of the molecule is O=C(N[C@H](NC(=S)Nc1ccc(Cl)c(Cl)c1)C(Cl)(Cl)Cl)c1ccc(Br)cc1. The number of carbonyl (C=O) groups is 1. The highest BCUT2D eigenvalue weighted by Crippen LogP contribution is 2.30. The van der Waals surface area contributed by atoms with Crippen molar-refractivity contribution in [2.45, 2.75) is 9.96 Å². The molecule has 0 aliphatic carbocycles. The molecule has 4 nitrogen and oxygen atoms in total. The minimum absolute atomic E-state index is 0.112. The number of thiocarbonyl (C=S) groups is 1. The quantitative estimate of drug-likeness (QED) is 0.242. The standard InChI is InChI=1S/C16H11BrCl5N3OS/c17-9-3-1-8(2-4-9)13(26)24-14(16(20,21)22)25-15(27)23-10-5-6-11(18)12(19)7-10/h1-7,14H,(H,24,26)(H2,23,25,27)/t14-/m1/s1. The fourth-order valence-corrected chi connectivity index (χ4v) is 3.01. The summed E-state index contributed by atoms with van der Waals surface area (Å²) in [5, 5.41) is 9.10. The van der Waals surface area contributed by atoms with Gasteiger partial charge in [0.1, 0.15) is 6.17 Å². The first kappa shape index (κ1) is 22.8. The van der Waals surface area contributed by atoms with Crippen molar-refractivity contribution >= 4 is 103 Å². The molecule has 0 unspecified atom stereocenters. The molecule has 3 N–H and O–H groups in total. The van der Waals surface area contributed by atoms with Gasteiger partial charge in [-0.15, -0.1) is 0 Å². The number of nitrogens with one attached hydrogen (secondary N) is 3. The molecule has 27 heavy (non-hydrogen) atoms. The zero-order valence-corrected chi connectivity index (χ0v) is 19.4. The summed E-state index contributed by atoms with van der Waals surface area (Å²) in [5.74, 6) is -0.441. The molecular weight excluding hydrogens is 539 g/mol. The maximum absolute atomic E-state index is 12.4. The molecule has 0 bridgehead atoms. The molecule has 2 aromatic carbocycles. The van der Waals surface area contributed by atoms with Gasteiger partial charge in [-0.25, -0.2) is 0 Å². The highest BCUT2D eigenvalue weighted by atomic mass is 79.9. The lowest BCUT2D eigenvalue weighted by atomic mass is 10.2. The maximum atomic E-state index is 12.4.